The Hall–Kier alpha value is -0.830. The smallest absolute Gasteiger partial charge is 0.223 e. The van der Waals surface area contributed by atoms with Gasteiger partial charge in [-0.15, -0.1) is 0 Å². The molecule has 3 aliphatic rings. The van der Waals surface area contributed by atoms with Crippen LogP contribution in [0.5, 0.6) is 0 Å². The van der Waals surface area contributed by atoms with Crippen LogP contribution in [0.1, 0.15) is 32.1 Å². The molecule has 3 heteroatoms. The number of carbonyl (C=O) groups is 1. The Balaban J connectivity index is 1.48. The van der Waals surface area contributed by atoms with Crippen LogP contribution in [0, 0.1) is 29.6 Å². The highest BCUT2D eigenvalue weighted by atomic mass is 16.3. The molecule has 18 heavy (non-hydrogen) atoms. The summed E-state index contributed by atoms with van der Waals surface area (Å²) in [5.74, 6) is 2.51. The van der Waals surface area contributed by atoms with Crippen LogP contribution in [0.2, 0.25) is 0 Å². The van der Waals surface area contributed by atoms with E-state index < -0.39 is 0 Å². The summed E-state index contributed by atoms with van der Waals surface area (Å²) in [5, 5.41) is 12.4. The van der Waals surface area contributed by atoms with Gasteiger partial charge in [-0.1, -0.05) is 18.6 Å². The first-order valence-electron chi connectivity index (χ1n) is 7.35. The van der Waals surface area contributed by atoms with Gasteiger partial charge in [0.25, 0.3) is 0 Å². The maximum absolute atomic E-state index is 12.2. The summed E-state index contributed by atoms with van der Waals surface area (Å²) in [6.45, 7) is 1.04. The van der Waals surface area contributed by atoms with E-state index in [0.29, 0.717) is 23.7 Å². The summed E-state index contributed by atoms with van der Waals surface area (Å²) >= 11 is 0. The van der Waals surface area contributed by atoms with E-state index in [0.717, 1.165) is 25.8 Å². The summed E-state index contributed by atoms with van der Waals surface area (Å²) in [6, 6.07) is 0. The average Bonchev–Trinajstić information content (AvgIpc) is 3.10. The first kappa shape index (κ1) is 12.2. The lowest BCUT2D eigenvalue weighted by Gasteiger charge is -2.21. The van der Waals surface area contributed by atoms with Gasteiger partial charge in [0.15, 0.2) is 0 Å². The lowest BCUT2D eigenvalue weighted by atomic mass is 9.92. The second kappa shape index (κ2) is 5.04. The zero-order valence-corrected chi connectivity index (χ0v) is 10.8. The van der Waals surface area contributed by atoms with Crippen LogP contribution >= 0.6 is 0 Å². The maximum atomic E-state index is 12.2. The van der Waals surface area contributed by atoms with E-state index in [1.54, 1.807) is 0 Å². The third-order valence-electron chi connectivity index (χ3n) is 5.21. The highest BCUT2D eigenvalue weighted by Crippen LogP contribution is 2.43. The fourth-order valence-electron chi connectivity index (χ4n) is 4.07. The predicted octanol–water partition coefficient (Wildman–Crippen LogP) is 1.72. The number of allylic oxidation sites excluding steroid dienone is 2. The summed E-state index contributed by atoms with van der Waals surface area (Å²) in [4.78, 5) is 12.2. The SMILES string of the molecule is O=C(NCC1CCCC1CO)C1CC2C=CC1C2. The second-order valence-electron chi connectivity index (χ2n) is 6.27. The van der Waals surface area contributed by atoms with Crippen LogP contribution in [-0.4, -0.2) is 24.2 Å². The molecule has 3 aliphatic carbocycles. The Kier molecular flexibility index (Phi) is 3.42. The van der Waals surface area contributed by atoms with Crippen molar-refractivity contribution in [3.63, 3.8) is 0 Å². The van der Waals surface area contributed by atoms with Gasteiger partial charge in [-0.05, 0) is 49.4 Å². The van der Waals surface area contributed by atoms with Crippen LogP contribution in [0.4, 0.5) is 0 Å². The molecule has 0 spiro atoms. The normalized spacial score (nSPS) is 41.5. The highest BCUT2D eigenvalue weighted by molar-refractivity contribution is 5.80. The summed E-state index contributed by atoms with van der Waals surface area (Å²) in [7, 11) is 0. The zero-order valence-electron chi connectivity index (χ0n) is 10.8. The Morgan fingerprint density at radius 3 is 2.72 bits per heavy atom. The number of aliphatic hydroxyl groups excluding tert-OH is 1. The van der Waals surface area contributed by atoms with Crippen molar-refractivity contribution in [3.8, 4) is 0 Å². The molecule has 0 aromatic heterocycles. The Morgan fingerprint density at radius 1 is 1.22 bits per heavy atom. The van der Waals surface area contributed by atoms with Crippen LogP contribution in [0.15, 0.2) is 12.2 Å². The number of aliphatic hydroxyl groups is 1. The molecular weight excluding hydrogens is 226 g/mol. The van der Waals surface area contributed by atoms with Crippen molar-refractivity contribution in [1.29, 1.82) is 0 Å². The molecule has 0 aromatic carbocycles. The lowest BCUT2D eigenvalue weighted by Crippen LogP contribution is -2.37. The van der Waals surface area contributed by atoms with E-state index in [1.807, 2.05) is 0 Å². The van der Waals surface area contributed by atoms with E-state index in [-0.39, 0.29) is 18.4 Å². The molecule has 2 fully saturated rings. The number of fused-ring (bicyclic) bond motifs is 2. The van der Waals surface area contributed by atoms with Crippen molar-refractivity contribution in [2.75, 3.05) is 13.2 Å². The van der Waals surface area contributed by atoms with E-state index in [2.05, 4.69) is 17.5 Å². The zero-order chi connectivity index (χ0) is 12.5. The molecule has 5 unspecified atom stereocenters. The lowest BCUT2D eigenvalue weighted by molar-refractivity contribution is -0.126. The molecule has 2 N–H and O–H groups in total. The van der Waals surface area contributed by atoms with Crippen molar-refractivity contribution in [1.82, 2.24) is 5.32 Å². The van der Waals surface area contributed by atoms with Gasteiger partial charge in [-0.25, -0.2) is 0 Å². The van der Waals surface area contributed by atoms with Crippen molar-refractivity contribution >= 4 is 5.91 Å². The minimum Gasteiger partial charge on any atom is -0.396 e. The average molecular weight is 249 g/mol. The van der Waals surface area contributed by atoms with Gasteiger partial charge in [0, 0.05) is 19.1 Å². The Labute approximate surface area is 109 Å². The van der Waals surface area contributed by atoms with Gasteiger partial charge in [-0.3, -0.25) is 4.79 Å². The Bertz CT molecular complexity index is 352. The molecule has 2 bridgehead atoms. The third kappa shape index (κ3) is 2.20. The molecule has 0 heterocycles. The third-order valence-corrected chi connectivity index (χ3v) is 5.21. The maximum Gasteiger partial charge on any atom is 0.223 e. The quantitative estimate of drug-likeness (QED) is 0.745. The van der Waals surface area contributed by atoms with Crippen molar-refractivity contribution < 1.29 is 9.90 Å². The number of carbonyl (C=O) groups excluding carboxylic acids is 1. The van der Waals surface area contributed by atoms with E-state index in [1.165, 1.54) is 12.8 Å². The summed E-state index contributed by atoms with van der Waals surface area (Å²) in [6.07, 6.45) is 10.2. The van der Waals surface area contributed by atoms with Gasteiger partial charge in [0.1, 0.15) is 0 Å². The van der Waals surface area contributed by atoms with Crippen molar-refractivity contribution in [2.45, 2.75) is 32.1 Å². The number of amides is 1. The minimum absolute atomic E-state index is 0.217. The second-order valence-corrected chi connectivity index (χ2v) is 6.27. The molecule has 3 nitrogen and oxygen atoms in total. The largest absolute Gasteiger partial charge is 0.396 e. The molecule has 1 amide bonds. The van der Waals surface area contributed by atoms with Crippen molar-refractivity contribution in [3.05, 3.63) is 12.2 Å². The van der Waals surface area contributed by atoms with Crippen LogP contribution in [0.25, 0.3) is 0 Å². The van der Waals surface area contributed by atoms with Gasteiger partial charge in [-0.2, -0.15) is 0 Å². The van der Waals surface area contributed by atoms with E-state index in [4.69, 9.17) is 0 Å². The fourth-order valence-corrected chi connectivity index (χ4v) is 4.07. The molecular formula is C15H23NO2. The van der Waals surface area contributed by atoms with Gasteiger partial charge >= 0.3 is 0 Å². The minimum atomic E-state index is 0.217. The molecule has 0 saturated heterocycles. The first-order valence-corrected chi connectivity index (χ1v) is 7.35. The van der Waals surface area contributed by atoms with Gasteiger partial charge in [0.05, 0.1) is 0 Å². The van der Waals surface area contributed by atoms with E-state index >= 15 is 0 Å². The topological polar surface area (TPSA) is 49.3 Å². The first-order chi connectivity index (χ1) is 8.78. The number of hydrogen-bond donors (Lipinski definition) is 2. The molecule has 2 saturated carbocycles. The van der Waals surface area contributed by atoms with Crippen molar-refractivity contribution in [2.24, 2.45) is 29.6 Å². The van der Waals surface area contributed by atoms with Crippen LogP contribution in [0.3, 0.4) is 0 Å². The fraction of sp³-hybridized carbons (Fsp3) is 0.800. The van der Waals surface area contributed by atoms with Crippen LogP contribution in [-0.2, 0) is 4.79 Å². The number of hydrogen-bond acceptors (Lipinski definition) is 2. The highest BCUT2D eigenvalue weighted by Gasteiger charge is 2.40. The molecule has 3 rings (SSSR count). The molecule has 5 atom stereocenters. The molecule has 0 aliphatic heterocycles. The summed E-state index contributed by atoms with van der Waals surface area (Å²) in [5.41, 5.74) is 0. The number of nitrogens with one attached hydrogen (secondary N) is 1. The van der Waals surface area contributed by atoms with Gasteiger partial charge in [0.2, 0.25) is 5.91 Å². The van der Waals surface area contributed by atoms with E-state index in [9.17, 15) is 9.90 Å². The monoisotopic (exact) mass is 249 g/mol. The summed E-state index contributed by atoms with van der Waals surface area (Å²) < 4.78 is 0. The Morgan fingerprint density at radius 2 is 2.06 bits per heavy atom. The van der Waals surface area contributed by atoms with Gasteiger partial charge < -0.3 is 10.4 Å². The molecule has 0 aromatic rings. The number of rotatable bonds is 4. The standard InChI is InChI=1S/C15H23NO2/c17-9-13-3-1-2-12(13)8-16-15(18)14-7-10-4-5-11(14)6-10/h4-5,10-14,17H,1-3,6-9H2,(H,16,18). The predicted molar refractivity (Wildman–Crippen MR) is 69.8 cm³/mol. The molecule has 0 radical (unpaired) electrons. The molecule has 100 valence electrons. The van der Waals surface area contributed by atoms with Crippen LogP contribution < -0.4 is 5.32 Å².